The van der Waals surface area contributed by atoms with Crippen molar-refractivity contribution >= 4 is 0 Å². The van der Waals surface area contributed by atoms with E-state index in [0.29, 0.717) is 5.56 Å². The number of hydrogen-bond acceptors (Lipinski definition) is 2. The zero-order chi connectivity index (χ0) is 12.4. The minimum Gasteiger partial charge on any atom is -0.320 e. The second-order valence-electron chi connectivity index (χ2n) is 3.92. The van der Waals surface area contributed by atoms with Crippen LogP contribution in [0.25, 0.3) is 0 Å². The van der Waals surface area contributed by atoms with Gasteiger partial charge in [0.25, 0.3) is 0 Å². The van der Waals surface area contributed by atoms with Crippen LogP contribution in [-0.2, 0) is 0 Å². The van der Waals surface area contributed by atoms with Crippen molar-refractivity contribution in [3.63, 3.8) is 0 Å². The maximum absolute atomic E-state index is 13.0. The van der Waals surface area contributed by atoms with Crippen molar-refractivity contribution in [1.82, 2.24) is 4.98 Å². The molecule has 2 nitrogen and oxygen atoms in total. The highest BCUT2D eigenvalue weighted by atomic mass is 19.1. The van der Waals surface area contributed by atoms with Gasteiger partial charge in [-0.25, -0.2) is 8.78 Å². The molecule has 0 radical (unpaired) electrons. The molecule has 2 aromatic rings. The summed E-state index contributed by atoms with van der Waals surface area (Å²) in [5.41, 5.74) is 8.08. The highest BCUT2D eigenvalue weighted by Gasteiger charge is 2.12. The summed E-state index contributed by atoms with van der Waals surface area (Å²) in [6.07, 6.45) is 2.63. The van der Waals surface area contributed by atoms with E-state index in [9.17, 15) is 8.78 Å². The summed E-state index contributed by atoms with van der Waals surface area (Å²) < 4.78 is 26.0. The molecule has 4 heteroatoms. The van der Waals surface area contributed by atoms with Gasteiger partial charge in [-0.1, -0.05) is 6.07 Å². The summed E-state index contributed by atoms with van der Waals surface area (Å²) in [6.45, 7) is 1.77. The van der Waals surface area contributed by atoms with Crippen molar-refractivity contribution in [2.45, 2.75) is 13.0 Å². The Bertz CT molecular complexity index is 541. The van der Waals surface area contributed by atoms with E-state index < -0.39 is 11.9 Å². The fourth-order valence-corrected chi connectivity index (χ4v) is 1.77. The van der Waals surface area contributed by atoms with Gasteiger partial charge in [0.15, 0.2) is 0 Å². The van der Waals surface area contributed by atoms with Gasteiger partial charge in [-0.15, -0.1) is 0 Å². The molecule has 1 heterocycles. The average Bonchev–Trinajstić information content (AvgIpc) is 2.28. The summed E-state index contributed by atoms with van der Waals surface area (Å²) in [7, 11) is 0. The molecule has 0 spiro atoms. The van der Waals surface area contributed by atoms with Gasteiger partial charge in [-0.3, -0.25) is 4.98 Å². The molecule has 1 unspecified atom stereocenters. The molecule has 0 aliphatic rings. The Hall–Kier alpha value is -1.81. The molecule has 1 aromatic carbocycles. The first-order valence-corrected chi connectivity index (χ1v) is 5.20. The van der Waals surface area contributed by atoms with Crippen molar-refractivity contribution in [1.29, 1.82) is 0 Å². The lowest BCUT2D eigenvalue weighted by Gasteiger charge is -2.14. The van der Waals surface area contributed by atoms with E-state index >= 15 is 0 Å². The van der Waals surface area contributed by atoms with Crippen molar-refractivity contribution in [2.24, 2.45) is 5.73 Å². The van der Waals surface area contributed by atoms with Crippen molar-refractivity contribution in [3.8, 4) is 0 Å². The fraction of sp³-hybridized carbons (Fsp3) is 0.154. The van der Waals surface area contributed by atoms with Gasteiger partial charge >= 0.3 is 0 Å². The predicted molar refractivity (Wildman–Crippen MR) is 61.4 cm³/mol. The van der Waals surface area contributed by atoms with Crippen LogP contribution in [0.2, 0.25) is 0 Å². The second kappa shape index (κ2) is 4.59. The lowest BCUT2D eigenvalue weighted by molar-refractivity contribution is 0.615. The number of halogens is 2. The van der Waals surface area contributed by atoms with Gasteiger partial charge in [0, 0.05) is 6.20 Å². The van der Waals surface area contributed by atoms with Crippen LogP contribution in [0.4, 0.5) is 8.78 Å². The van der Waals surface area contributed by atoms with Crippen LogP contribution >= 0.6 is 0 Å². The fourth-order valence-electron chi connectivity index (χ4n) is 1.77. The van der Waals surface area contributed by atoms with Crippen LogP contribution in [0.5, 0.6) is 0 Å². The summed E-state index contributed by atoms with van der Waals surface area (Å²) in [5.74, 6) is -0.742. The number of benzene rings is 1. The number of pyridine rings is 1. The number of rotatable bonds is 2. The first kappa shape index (κ1) is 11.7. The average molecular weight is 234 g/mol. The molecule has 17 heavy (non-hydrogen) atoms. The van der Waals surface area contributed by atoms with E-state index in [1.165, 1.54) is 24.4 Å². The van der Waals surface area contributed by atoms with Gasteiger partial charge in [0.05, 0.1) is 12.2 Å². The van der Waals surface area contributed by atoms with Crippen LogP contribution in [0.3, 0.4) is 0 Å². The standard InChI is InChI=1S/C13H12F2N2/c1-8-4-10(14)2-3-12(8)13(16)9-5-11(15)7-17-6-9/h2-7,13H,16H2,1H3. The Morgan fingerprint density at radius 2 is 1.88 bits per heavy atom. The Kier molecular flexibility index (Phi) is 3.15. The quantitative estimate of drug-likeness (QED) is 0.867. The molecule has 0 saturated heterocycles. The van der Waals surface area contributed by atoms with E-state index in [1.54, 1.807) is 13.0 Å². The molecule has 0 bridgehead atoms. The van der Waals surface area contributed by atoms with Crippen LogP contribution in [0, 0.1) is 18.6 Å². The van der Waals surface area contributed by atoms with E-state index in [1.807, 2.05) is 0 Å². The third kappa shape index (κ3) is 2.47. The highest BCUT2D eigenvalue weighted by Crippen LogP contribution is 2.23. The molecule has 0 amide bonds. The van der Waals surface area contributed by atoms with Crippen molar-refractivity contribution < 1.29 is 8.78 Å². The number of aromatic nitrogens is 1. The summed E-state index contributed by atoms with van der Waals surface area (Å²) in [4.78, 5) is 3.75. The third-order valence-electron chi connectivity index (χ3n) is 2.65. The largest absolute Gasteiger partial charge is 0.320 e. The van der Waals surface area contributed by atoms with Crippen LogP contribution in [0.15, 0.2) is 36.7 Å². The Balaban J connectivity index is 2.40. The molecule has 2 N–H and O–H groups in total. The minimum absolute atomic E-state index is 0.309. The molecule has 1 atom stereocenters. The minimum atomic E-state index is -0.501. The molecule has 2 rings (SSSR count). The molecule has 88 valence electrons. The van der Waals surface area contributed by atoms with Crippen LogP contribution in [0.1, 0.15) is 22.7 Å². The lowest BCUT2D eigenvalue weighted by Crippen LogP contribution is -2.14. The van der Waals surface area contributed by atoms with Crippen molar-refractivity contribution in [3.05, 3.63) is 65.0 Å². The molecule has 1 aromatic heterocycles. The molecule has 0 aliphatic heterocycles. The monoisotopic (exact) mass is 234 g/mol. The van der Waals surface area contributed by atoms with Gasteiger partial charge < -0.3 is 5.73 Å². The lowest BCUT2D eigenvalue weighted by atomic mass is 9.97. The molecular formula is C13H12F2N2. The first-order valence-electron chi connectivity index (χ1n) is 5.20. The number of hydrogen-bond donors (Lipinski definition) is 1. The predicted octanol–water partition coefficient (Wildman–Crippen LogP) is 2.72. The Labute approximate surface area is 98.1 Å². The van der Waals surface area contributed by atoms with Crippen LogP contribution in [-0.4, -0.2) is 4.98 Å². The smallest absolute Gasteiger partial charge is 0.141 e. The van der Waals surface area contributed by atoms with E-state index in [-0.39, 0.29) is 5.82 Å². The SMILES string of the molecule is Cc1cc(F)ccc1C(N)c1cncc(F)c1. The summed E-state index contributed by atoms with van der Waals surface area (Å²) in [6, 6.07) is 5.19. The number of nitrogens with two attached hydrogens (primary N) is 1. The van der Waals surface area contributed by atoms with Crippen molar-refractivity contribution in [2.75, 3.05) is 0 Å². The maximum atomic E-state index is 13.0. The maximum Gasteiger partial charge on any atom is 0.141 e. The van der Waals surface area contributed by atoms with Gasteiger partial charge in [0.1, 0.15) is 11.6 Å². The van der Waals surface area contributed by atoms with Crippen LogP contribution < -0.4 is 5.73 Å². The topological polar surface area (TPSA) is 38.9 Å². The van der Waals surface area contributed by atoms with E-state index in [2.05, 4.69) is 4.98 Å². The Morgan fingerprint density at radius 3 is 2.53 bits per heavy atom. The number of aryl methyl sites for hydroxylation is 1. The Morgan fingerprint density at radius 1 is 1.12 bits per heavy atom. The molecule has 0 saturated carbocycles. The zero-order valence-electron chi connectivity index (χ0n) is 9.32. The van der Waals surface area contributed by atoms with E-state index in [0.717, 1.165) is 17.3 Å². The van der Waals surface area contributed by atoms with Gasteiger partial charge in [-0.05, 0) is 41.8 Å². The summed E-state index contributed by atoms with van der Waals surface area (Å²) in [5, 5.41) is 0. The third-order valence-corrected chi connectivity index (χ3v) is 2.65. The summed E-state index contributed by atoms with van der Waals surface area (Å²) >= 11 is 0. The molecular weight excluding hydrogens is 222 g/mol. The molecule has 0 fully saturated rings. The van der Waals surface area contributed by atoms with E-state index in [4.69, 9.17) is 5.73 Å². The normalized spacial score (nSPS) is 12.5. The zero-order valence-corrected chi connectivity index (χ0v) is 9.32. The van der Waals surface area contributed by atoms with Gasteiger partial charge in [-0.2, -0.15) is 0 Å². The molecule has 0 aliphatic carbocycles. The number of nitrogens with zero attached hydrogens (tertiary/aromatic N) is 1. The second-order valence-corrected chi connectivity index (χ2v) is 3.92. The highest BCUT2D eigenvalue weighted by molar-refractivity contribution is 5.35. The first-order chi connectivity index (χ1) is 8.08. The van der Waals surface area contributed by atoms with Gasteiger partial charge in [0.2, 0.25) is 0 Å².